The summed E-state index contributed by atoms with van der Waals surface area (Å²) in [4.78, 5) is 43.9. The number of fused-ring (bicyclic) bond motifs is 1. The standard InChI is InChI=1S/C36H47F2N5O5/c1-25(39-2)34(44)40-33(27-11-7-4-8-12-27)36(46)42-15-13-41(14-16-42)35(45)32-22-28-21-29(37)30(38)23-31(28)43(32)17-18-47-19-20-48-24-26-9-5-3-6-10-26/h3,5-6,9-10,21-23,25,27,33,39H,4,7-8,11-20,24H2,1-2H3,(H,40,44)/t25-,33+/m0/s1. The summed E-state index contributed by atoms with van der Waals surface area (Å²) >= 11 is 0. The van der Waals surface area contributed by atoms with Crippen molar-refractivity contribution in [2.75, 3.05) is 53.0 Å². The van der Waals surface area contributed by atoms with Crippen molar-refractivity contribution in [1.82, 2.24) is 25.0 Å². The van der Waals surface area contributed by atoms with Crippen molar-refractivity contribution < 1.29 is 32.6 Å². The van der Waals surface area contributed by atoms with Crippen molar-refractivity contribution in [2.24, 2.45) is 5.92 Å². The number of aromatic nitrogens is 1. The zero-order valence-electron chi connectivity index (χ0n) is 27.9. The lowest BCUT2D eigenvalue weighted by molar-refractivity contribution is -0.140. The van der Waals surface area contributed by atoms with Gasteiger partial charge < -0.3 is 34.5 Å². The minimum Gasteiger partial charge on any atom is -0.377 e. The van der Waals surface area contributed by atoms with E-state index in [0.717, 1.165) is 49.8 Å². The van der Waals surface area contributed by atoms with Crippen LogP contribution >= 0.6 is 0 Å². The maximum Gasteiger partial charge on any atom is 0.270 e. The quantitative estimate of drug-likeness (QED) is 0.251. The second-order valence-electron chi connectivity index (χ2n) is 12.7. The Kier molecular flexibility index (Phi) is 12.5. The van der Waals surface area contributed by atoms with Gasteiger partial charge >= 0.3 is 0 Å². The van der Waals surface area contributed by atoms with Gasteiger partial charge in [-0.3, -0.25) is 14.4 Å². The second kappa shape index (κ2) is 17.0. The molecule has 2 aromatic carbocycles. The van der Waals surface area contributed by atoms with Crippen LogP contribution in [0.25, 0.3) is 10.9 Å². The number of likely N-dealkylation sites (N-methyl/N-ethyl adjacent to an activating group) is 1. The van der Waals surface area contributed by atoms with E-state index in [0.29, 0.717) is 62.6 Å². The van der Waals surface area contributed by atoms with Crippen LogP contribution in [0, 0.1) is 17.6 Å². The number of halogens is 2. The first-order valence-electron chi connectivity index (χ1n) is 17.0. The lowest BCUT2D eigenvalue weighted by atomic mass is 9.83. The molecule has 10 nitrogen and oxygen atoms in total. The van der Waals surface area contributed by atoms with Crippen LogP contribution in [-0.2, 0) is 32.2 Å². The zero-order valence-corrected chi connectivity index (χ0v) is 27.9. The molecule has 1 aliphatic heterocycles. The molecule has 1 aromatic heterocycles. The molecule has 2 heterocycles. The third kappa shape index (κ3) is 8.77. The van der Waals surface area contributed by atoms with Crippen molar-refractivity contribution >= 4 is 28.6 Å². The summed E-state index contributed by atoms with van der Waals surface area (Å²) in [6, 6.07) is 12.6. The van der Waals surface area contributed by atoms with Crippen LogP contribution in [0.4, 0.5) is 8.78 Å². The first kappa shape index (κ1) is 35.4. The van der Waals surface area contributed by atoms with E-state index in [-0.39, 0.29) is 36.8 Å². The largest absolute Gasteiger partial charge is 0.377 e. The van der Waals surface area contributed by atoms with Crippen LogP contribution in [-0.4, -0.2) is 97.2 Å². The smallest absolute Gasteiger partial charge is 0.270 e. The van der Waals surface area contributed by atoms with Crippen molar-refractivity contribution in [2.45, 2.75) is 64.3 Å². The minimum atomic E-state index is -0.994. The van der Waals surface area contributed by atoms with Crippen LogP contribution in [0.2, 0.25) is 0 Å². The summed E-state index contributed by atoms with van der Waals surface area (Å²) in [5, 5.41) is 6.36. The summed E-state index contributed by atoms with van der Waals surface area (Å²) in [7, 11) is 1.71. The average molecular weight is 668 g/mol. The van der Waals surface area contributed by atoms with Gasteiger partial charge in [0.25, 0.3) is 5.91 Å². The molecule has 1 saturated heterocycles. The van der Waals surface area contributed by atoms with Crippen LogP contribution in [0.3, 0.4) is 0 Å². The van der Waals surface area contributed by atoms with Gasteiger partial charge in [-0.05, 0) is 50.4 Å². The number of nitrogens with zero attached hydrogens (tertiary/aromatic N) is 3. The average Bonchev–Trinajstić information content (AvgIpc) is 3.46. The highest BCUT2D eigenvalue weighted by Crippen LogP contribution is 2.28. The van der Waals surface area contributed by atoms with Gasteiger partial charge in [0.1, 0.15) is 11.7 Å². The van der Waals surface area contributed by atoms with Gasteiger partial charge in [-0.15, -0.1) is 0 Å². The van der Waals surface area contributed by atoms with Crippen molar-refractivity contribution in [3.8, 4) is 0 Å². The van der Waals surface area contributed by atoms with Gasteiger partial charge in [0, 0.05) is 44.2 Å². The van der Waals surface area contributed by atoms with Crippen LogP contribution in [0.15, 0.2) is 48.5 Å². The van der Waals surface area contributed by atoms with E-state index in [1.807, 2.05) is 30.3 Å². The number of hydrogen-bond donors (Lipinski definition) is 2. The molecular formula is C36H47F2N5O5. The predicted octanol–water partition coefficient (Wildman–Crippen LogP) is 4.11. The van der Waals surface area contributed by atoms with Gasteiger partial charge in [-0.25, -0.2) is 8.78 Å². The Morgan fingerprint density at radius 1 is 0.875 bits per heavy atom. The zero-order chi connectivity index (χ0) is 34.0. The Morgan fingerprint density at radius 3 is 2.25 bits per heavy atom. The molecule has 1 aliphatic carbocycles. The first-order valence-corrected chi connectivity index (χ1v) is 17.0. The van der Waals surface area contributed by atoms with Gasteiger partial charge in [-0.1, -0.05) is 49.6 Å². The fourth-order valence-corrected chi connectivity index (χ4v) is 6.56. The molecule has 0 spiro atoms. The normalized spacial score (nSPS) is 17.0. The minimum absolute atomic E-state index is 0.0769. The van der Waals surface area contributed by atoms with E-state index in [1.165, 1.54) is 0 Å². The Morgan fingerprint density at radius 2 is 1.54 bits per heavy atom. The summed E-state index contributed by atoms with van der Waals surface area (Å²) in [5.74, 6) is -2.51. The molecule has 0 radical (unpaired) electrons. The third-order valence-corrected chi connectivity index (χ3v) is 9.50. The maximum atomic E-state index is 14.3. The first-order chi connectivity index (χ1) is 23.3. The number of hydrogen-bond acceptors (Lipinski definition) is 6. The molecule has 12 heteroatoms. The van der Waals surface area contributed by atoms with E-state index < -0.39 is 23.7 Å². The fraction of sp³-hybridized carbons (Fsp3) is 0.528. The highest BCUT2D eigenvalue weighted by atomic mass is 19.2. The fourth-order valence-electron chi connectivity index (χ4n) is 6.56. The lowest BCUT2D eigenvalue weighted by Gasteiger charge is -2.39. The Balaban J connectivity index is 1.21. The van der Waals surface area contributed by atoms with Crippen LogP contribution in [0.5, 0.6) is 0 Å². The number of nitrogens with one attached hydrogen (secondary N) is 2. The highest BCUT2D eigenvalue weighted by Gasteiger charge is 2.36. The Hall–Kier alpha value is -3.87. The summed E-state index contributed by atoms with van der Waals surface area (Å²) in [6.45, 7) is 4.67. The number of amides is 3. The van der Waals surface area contributed by atoms with Gasteiger partial charge in [-0.2, -0.15) is 0 Å². The molecule has 1 saturated carbocycles. The van der Waals surface area contributed by atoms with Crippen molar-refractivity contribution in [1.29, 1.82) is 0 Å². The molecule has 0 unspecified atom stereocenters. The van der Waals surface area contributed by atoms with Crippen LogP contribution in [0.1, 0.15) is 55.1 Å². The molecule has 48 heavy (non-hydrogen) atoms. The number of benzene rings is 2. The molecule has 0 bridgehead atoms. The molecule has 260 valence electrons. The summed E-state index contributed by atoms with van der Waals surface area (Å²) < 4.78 is 41.6. The molecule has 2 fully saturated rings. The Bertz CT molecular complexity index is 1540. The third-order valence-electron chi connectivity index (χ3n) is 9.50. The van der Waals surface area contributed by atoms with E-state index in [9.17, 15) is 23.2 Å². The number of ether oxygens (including phenoxy) is 2. The van der Waals surface area contributed by atoms with E-state index in [1.54, 1.807) is 34.4 Å². The number of rotatable bonds is 14. The molecule has 2 N–H and O–H groups in total. The summed E-state index contributed by atoms with van der Waals surface area (Å²) in [5.41, 5.74) is 1.76. The number of piperazine rings is 1. The lowest BCUT2D eigenvalue weighted by Crippen LogP contribution is -2.59. The predicted molar refractivity (Wildman–Crippen MR) is 178 cm³/mol. The molecule has 3 aromatic rings. The van der Waals surface area contributed by atoms with E-state index in [4.69, 9.17) is 9.47 Å². The molecule has 2 aliphatic rings. The van der Waals surface area contributed by atoms with Gasteiger partial charge in [0.05, 0.1) is 38.0 Å². The molecular weight excluding hydrogens is 620 g/mol. The topological polar surface area (TPSA) is 105 Å². The summed E-state index contributed by atoms with van der Waals surface area (Å²) in [6.07, 6.45) is 4.97. The number of carbonyl (C=O) groups excluding carboxylic acids is 3. The molecule has 2 atom stereocenters. The number of carbonyl (C=O) groups is 3. The maximum absolute atomic E-state index is 14.3. The van der Waals surface area contributed by atoms with Gasteiger partial charge in [0.2, 0.25) is 11.8 Å². The Labute approximate surface area is 280 Å². The molecule has 5 rings (SSSR count). The van der Waals surface area contributed by atoms with Crippen molar-refractivity contribution in [3.63, 3.8) is 0 Å². The molecule has 3 amide bonds. The van der Waals surface area contributed by atoms with Crippen molar-refractivity contribution in [3.05, 3.63) is 71.4 Å². The van der Waals surface area contributed by atoms with E-state index >= 15 is 0 Å². The SMILES string of the molecule is CN[C@@H](C)C(=O)N[C@@H](C(=O)N1CCN(C(=O)c2cc3cc(F)c(F)cc3n2CCOCCOCc2ccccc2)CC1)C1CCCCC1. The highest BCUT2D eigenvalue weighted by molar-refractivity contribution is 5.99. The van der Waals surface area contributed by atoms with Crippen LogP contribution < -0.4 is 10.6 Å². The van der Waals surface area contributed by atoms with Gasteiger partial charge in [0.15, 0.2) is 11.6 Å². The second-order valence-corrected chi connectivity index (χ2v) is 12.7. The van der Waals surface area contributed by atoms with E-state index in [2.05, 4.69) is 10.6 Å². The monoisotopic (exact) mass is 667 g/mol.